The third kappa shape index (κ3) is 15.7. The summed E-state index contributed by atoms with van der Waals surface area (Å²) in [6.45, 7) is 6.56. The maximum Gasteiger partial charge on any atom is 0.340 e. The molecular formula is C21H34N4O10. The molecule has 0 saturated heterocycles. The Morgan fingerprint density at radius 1 is 0.657 bits per heavy atom. The molecule has 0 aliphatic carbocycles. The van der Waals surface area contributed by atoms with Crippen LogP contribution in [-0.4, -0.2) is 86.0 Å². The zero-order valence-corrected chi connectivity index (χ0v) is 20.6. The third-order valence-electron chi connectivity index (χ3n) is 3.66. The van der Waals surface area contributed by atoms with Crippen molar-refractivity contribution in [1.29, 1.82) is 0 Å². The Morgan fingerprint density at radius 3 is 1.51 bits per heavy atom. The first kappa shape index (κ1) is 31.3. The second-order valence-electron chi connectivity index (χ2n) is 7.92. The number of rotatable bonds is 14. The van der Waals surface area contributed by atoms with Crippen LogP contribution in [0.25, 0.3) is 0 Å². The van der Waals surface area contributed by atoms with E-state index in [1.165, 1.54) is 13.8 Å². The summed E-state index contributed by atoms with van der Waals surface area (Å²) in [4.78, 5) is 82.5. The van der Waals surface area contributed by atoms with Gasteiger partial charge in [0.1, 0.15) is 5.60 Å². The number of carbonyl (C=O) groups excluding carboxylic acids is 7. The van der Waals surface area contributed by atoms with Crippen LogP contribution in [0.15, 0.2) is 0 Å². The Hall–Kier alpha value is -3.71. The normalized spacial score (nSPS) is 10.6. The molecule has 0 atom stereocenters. The number of hydrogen-bond donors (Lipinski definition) is 4. The second-order valence-corrected chi connectivity index (χ2v) is 7.92. The van der Waals surface area contributed by atoms with E-state index in [1.807, 2.05) is 0 Å². The summed E-state index contributed by atoms with van der Waals surface area (Å²) >= 11 is 0. The van der Waals surface area contributed by atoms with Crippen molar-refractivity contribution in [3.8, 4) is 0 Å². The van der Waals surface area contributed by atoms with Gasteiger partial charge >= 0.3 is 17.9 Å². The van der Waals surface area contributed by atoms with Crippen LogP contribution in [0.4, 0.5) is 0 Å². The summed E-state index contributed by atoms with van der Waals surface area (Å²) in [5.41, 5.74) is -0.668. The van der Waals surface area contributed by atoms with Crippen LogP contribution in [0, 0.1) is 0 Å². The highest BCUT2D eigenvalue weighted by Gasteiger charge is 2.31. The summed E-state index contributed by atoms with van der Waals surface area (Å²) in [6, 6.07) is -1.68. The summed E-state index contributed by atoms with van der Waals surface area (Å²) in [6.07, 6.45) is -0.321. The minimum atomic E-state index is -1.68. The molecule has 0 aliphatic rings. The van der Waals surface area contributed by atoms with Gasteiger partial charge in [0.15, 0.2) is 0 Å². The molecule has 0 fully saturated rings. The average Bonchev–Trinajstić information content (AvgIpc) is 2.76. The molecule has 0 unspecified atom stereocenters. The first-order valence-electron chi connectivity index (χ1n) is 10.9. The van der Waals surface area contributed by atoms with Gasteiger partial charge in [-0.1, -0.05) is 0 Å². The number of nitrogens with one attached hydrogen (secondary N) is 4. The Labute approximate surface area is 203 Å². The maximum atomic E-state index is 12.0. The molecule has 0 radical (unpaired) electrons. The van der Waals surface area contributed by atoms with Gasteiger partial charge in [-0.2, -0.15) is 0 Å². The fourth-order valence-electron chi connectivity index (χ4n) is 2.24. The standard InChI is InChI=1S/C21H34N4O10/c1-6-33-19(31)18(20(32)34-7-2)25-16(29)12-24-15(28)11-23-14(27)10-22-13(26)8-9-17(30)35-21(3,4)5/h18H,6-12H2,1-5H3,(H,22,26)(H,23,27)(H,24,28)(H,25,29). The van der Waals surface area contributed by atoms with Gasteiger partial charge in [0.25, 0.3) is 0 Å². The number of hydrogen-bond acceptors (Lipinski definition) is 10. The summed E-state index contributed by atoms with van der Waals surface area (Å²) in [5, 5.41) is 8.82. The Kier molecular flexibility index (Phi) is 14.3. The lowest BCUT2D eigenvalue weighted by Gasteiger charge is -2.19. The molecule has 0 aromatic carbocycles. The van der Waals surface area contributed by atoms with Crippen molar-refractivity contribution in [2.75, 3.05) is 32.8 Å². The fourth-order valence-corrected chi connectivity index (χ4v) is 2.24. The first-order chi connectivity index (χ1) is 16.3. The average molecular weight is 503 g/mol. The topological polar surface area (TPSA) is 195 Å². The third-order valence-corrected chi connectivity index (χ3v) is 3.66. The van der Waals surface area contributed by atoms with E-state index in [0.29, 0.717) is 0 Å². The van der Waals surface area contributed by atoms with E-state index >= 15 is 0 Å². The molecule has 0 rings (SSSR count). The molecule has 4 N–H and O–H groups in total. The summed E-state index contributed by atoms with van der Waals surface area (Å²) < 4.78 is 14.5. The molecule has 0 aliphatic heterocycles. The summed E-state index contributed by atoms with van der Waals surface area (Å²) in [7, 11) is 0. The number of esters is 3. The van der Waals surface area contributed by atoms with Crippen molar-refractivity contribution in [2.45, 2.75) is 59.1 Å². The molecule has 0 saturated carbocycles. The minimum Gasteiger partial charge on any atom is -0.464 e. The maximum absolute atomic E-state index is 12.0. The number of ether oxygens (including phenoxy) is 3. The van der Waals surface area contributed by atoms with Crippen molar-refractivity contribution >= 4 is 41.5 Å². The second kappa shape index (κ2) is 16.0. The predicted molar refractivity (Wildman–Crippen MR) is 119 cm³/mol. The highest BCUT2D eigenvalue weighted by atomic mass is 16.6. The zero-order chi connectivity index (χ0) is 27.0. The number of carbonyl (C=O) groups is 7. The van der Waals surface area contributed by atoms with E-state index in [1.54, 1.807) is 20.8 Å². The molecule has 0 aromatic heterocycles. The van der Waals surface area contributed by atoms with Crippen molar-refractivity contribution in [2.24, 2.45) is 0 Å². The lowest BCUT2D eigenvalue weighted by molar-refractivity contribution is -0.159. The molecule has 4 amide bonds. The summed E-state index contributed by atoms with van der Waals surface area (Å²) in [5.74, 6) is -5.41. The van der Waals surface area contributed by atoms with E-state index < -0.39 is 72.8 Å². The fraction of sp³-hybridized carbons (Fsp3) is 0.667. The van der Waals surface area contributed by atoms with Crippen LogP contribution >= 0.6 is 0 Å². The SMILES string of the molecule is CCOC(=O)C(NC(=O)CNC(=O)CNC(=O)CNC(=O)CCC(=O)OC(C)(C)C)C(=O)OCC. The Bertz CT molecular complexity index is 773. The number of amides is 4. The molecule has 35 heavy (non-hydrogen) atoms. The van der Waals surface area contributed by atoms with Gasteiger partial charge in [-0.05, 0) is 34.6 Å². The molecule has 198 valence electrons. The van der Waals surface area contributed by atoms with E-state index in [9.17, 15) is 33.6 Å². The van der Waals surface area contributed by atoms with Crippen molar-refractivity contribution in [3.05, 3.63) is 0 Å². The van der Waals surface area contributed by atoms with Gasteiger partial charge in [-0.3, -0.25) is 24.0 Å². The van der Waals surface area contributed by atoms with E-state index in [4.69, 9.17) is 14.2 Å². The van der Waals surface area contributed by atoms with Gasteiger partial charge < -0.3 is 35.5 Å². The van der Waals surface area contributed by atoms with Crippen LogP contribution < -0.4 is 21.3 Å². The molecule has 14 heteroatoms. The molecular weight excluding hydrogens is 468 g/mol. The largest absolute Gasteiger partial charge is 0.464 e. The van der Waals surface area contributed by atoms with Gasteiger partial charge in [-0.25, -0.2) is 9.59 Å². The van der Waals surface area contributed by atoms with Crippen LogP contribution in [-0.2, 0) is 47.8 Å². The Morgan fingerprint density at radius 2 is 1.09 bits per heavy atom. The Balaban J connectivity index is 4.29. The van der Waals surface area contributed by atoms with Crippen LogP contribution in [0.3, 0.4) is 0 Å². The smallest absolute Gasteiger partial charge is 0.340 e. The van der Waals surface area contributed by atoms with Gasteiger partial charge in [0.2, 0.25) is 29.7 Å². The zero-order valence-electron chi connectivity index (χ0n) is 20.6. The minimum absolute atomic E-state index is 0.0226. The molecule has 0 heterocycles. The van der Waals surface area contributed by atoms with E-state index in [0.717, 1.165) is 0 Å². The van der Waals surface area contributed by atoms with E-state index in [2.05, 4.69) is 21.3 Å². The highest BCUT2D eigenvalue weighted by molar-refractivity contribution is 6.03. The molecule has 14 nitrogen and oxygen atoms in total. The molecule has 0 bridgehead atoms. The lowest BCUT2D eigenvalue weighted by Crippen LogP contribution is -2.51. The van der Waals surface area contributed by atoms with Crippen LogP contribution in [0.5, 0.6) is 0 Å². The predicted octanol–water partition coefficient (Wildman–Crippen LogP) is -1.93. The van der Waals surface area contributed by atoms with Gasteiger partial charge in [0.05, 0.1) is 39.3 Å². The van der Waals surface area contributed by atoms with Gasteiger partial charge in [-0.15, -0.1) is 0 Å². The van der Waals surface area contributed by atoms with Crippen LogP contribution in [0.2, 0.25) is 0 Å². The quantitative estimate of drug-likeness (QED) is 0.118. The first-order valence-corrected chi connectivity index (χ1v) is 10.9. The lowest BCUT2D eigenvalue weighted by atomic mass is 10.2. The van der Waals surface area contributed by atoms with Crippen LogP contribution in [0.1, 0.15) is 47.5 Å². The molecule has 0 aromatic rings. The van der Waals surface area contributed by atoms with Crippen molar-refractivity contribution < 1.29 is 47.8 Å². The highest BCUT2D eigenvalue weighted by Crippen LogP contribution is 2.08. The van der Waals surface area contributed by atoms with E-state index in [-0.39, 0.29) is 26.1 Å². The molecule has 0 spiro atoms. The monoisotopic (exact) mass is 502 g/mol. The van der Waals surface area contributed by atoms with Crippen molar-refractivity contribution in [1.82, 2.24) is 21.3 Å². The van der Waals surface area contributed by atoms with Crippen molar-refractivity contribution in [3.63, 3.8) is 0 Å². The van der Waals surface area contributed by atoms with Gasteiger partial charge in [0, 0.05) is 6.42 Å².